The van der Waals surface area contributed by atoms with Gasteiger partial charge >= 0.3 is 0 Å². The number of hydrogen-bond donors (Lipinski definition) is 0. The molecule has 0 unspecified atom stereocenters. The second-order valence-electron chi connectivity index (χ2n) is 7.40. The average molecular weight is 445 g/mol. The Balaban J connectivity index is 1.44. The van der Waals surface area contributed by atoms with E-state index in [1.807, 2.05) is 65.2 Å². The molecule has 32 heavy (non-hydrogen) atoms. The fourth-order valence-corrected chi connectivity index (χ4v) is 3.95. The van der Waals surface area contributed by atoms with Crippen molar-refractivity contribution < 1.29 is 9.47 Å². The van der Waals surface area contributed by atoms with E-state index in [-0.39, 0.29) is 0 Å². The van der Waals surface area contributed by atoms with Gasteiger partial charge in [0.25, 0.3) is 0 Å². The van der Waals surface area contributed by atoms with Crippen molar-refractivity contribution >= 4 is 17.3 Å². The van der Waals surface area contributed by atoms with Crippen LogP contribution in [0.15, 0.2) is 77.8 Å². The number of benzene rings is 3. The Hall–Kier alpha value is -3.48. The van der Waals surface area contributed by atoms with Crippen molar-refractivity contribution in [1.29, 1.82) is 0 Å². The van der Waals surface area contributed by atoms with Crippen LogP contribution in [-0.4, -0.2) is 27.6 Å². The minimum Gasteiger partial charge on any atom is -0.497 e. The molecule has 0 amide bonds. The molecule has 4 aromatic rings. The van der Waals surface area contributed by atoms with Crippen molar-refractivity contribution in [2.24, 2.45) is 4.99 Å². The maximum absolute atomic E-state index is 6.37. The zero-order valence-electron chi connectivity index (χ0n) is 17.5. The first-order valence-electron chi connectivity index (χ1n) is 10.3. The van der Waals surface area contributed by atoms with Crippen LogP contribution in [0.3, 0.4) is 0 Å². The van der Waals surface area contributed by atoms with Gasteiger partial charge in [0.05, 0.1) is 25.1 Å². The maximum Gasteiger partial charge on any atom is 0.163 e. The van der Waals surface area contributed by atoms with Crippen molar-refractivity contribution in [3.63, 3.8) is 0 Å². The van der Waals surface area contributed by atoms with Crippen LogP contribution in [-0.2, 0) is 24.5 Å². The SMILES string of the molecule is COc1ccc(COCc2nnc3n2-c2ccc(Cl)cc2C(c2ccccc2)=NC3)cc1. The molecule has 1 aliphatic rings. The van der Waals surface area contributed by atoms with Crippen molar-refractivity contribution in [1.82, 2.24) is 14.8 Å². The summed E-state index contributed by atoms with van der Waals surface area (Å²) in [5.41, 5.74) is 4.87. The largest absolute Gasteiger partial charge is 0.497 e. The topological polar surface area (TPSA) is 61.5 Å². The molecule has 0 spiro atoms. The molecule has 1 aliphatic heterocycles. The van der Waals surface area contributed by atoms with Crippen LogP contribution < -0.4 is 4.74 Å². The van der Waals surface area contributed by atoms with Crippen molar-refractivity contribution in [2.75, 3.05) is 7.11 Å². The first-order chi connectivity index (χ1) is 15.7. The summed E-state index contributed by atoms with van der Waals surface area (Å²) in [5, 5.41) is 9.43. The van der Waals surface area contributed by atoms with Crippen LogP contribution in [0.5, 0.6) is 5.75 Å². The standard InChI is InChI=1S/C25H21ClN4O2/c1-31-20-10-7-17(8-11-20)15-32-16-24-29-28-23-14-27-25(18-5-3-2-4-6-18)21-13-19(26)9-12-22(21)30(23)24/h2-13H,14-16H2,1H3. The molecule has 1 aromatic heterocycles. The molecule has 0 atom stereocenters. The van der Waals surface area contributed by atoms with E-state index in [0.29, 0.717) is 24.8 Å². The van der Waals surface area contributed by atoms with Crippen LogP contribution >= 0.6 is 11.6 Å². The van der Waals surface area contributed by atoms with Gasteiger partial charge in [-0.2, -0.15) is 0 Å². The van der Waals surface area contributed by atoms with E-state index >= 15 is 0 Å². The number of halogens is 1. The Morgan fingerprint density at radius 1 is 0.938 bits per heavy atom. The number of methoxy groups -OCH3 is 1. The van der Waals surface area contributed by atoms with E-state index in [1.54, 1.807) is 7.11 Å². The second-order valence-corrected chi connectivity index (χ2v) is 7.84. The highest BCUT2D eigenvalue weighted by molar-refractivity contribution is 6.31. The van der Waals surface area contributed by atoms with Gasteiger partial charge in [-0.05, 0) is 35.9 Å². The van der Waals surface area contributed by atoms with Gasteiger partial charge < -0.3 is 9.47 Å². The Bertz CT molecular complexity index is 1270. The van der Waals surface area contributed by atoms with Crippen LogP contribution in [0, 0.1) is 0 Å². The first-order valence-corrected chi connectivity index (χ1v) is 10.6. The fraction of sp³-hybridized carbons (Fsp3) is 0.160. The molecule has 5 rings (SSSR count). The number of aromatic nitrogens is 3. The Morgan fingerprint density at radius 2 is 1.75 bits per heavy atom. The lowest BCUT2D eigenvalue weighted by atomic mass is 10.0. The minimum absolute atomic E-state index is 0.321. The molecule has 7 heteroatoms. The predicted octanol–water partition coefficient (Wildman–Crippen LogP) is 5.00. The highest BCUT2D eigenvalue weighted by atomic mass is 35.5. The highest BCUT2D eigenvalue weighted by Crippen LogP contribution is 2.28. The number of hydrogen-bond acceptors (Lipinski definition) is 5. The summed E-state index contributed by atoms with van der Waals surface area (Å²) in [4.78, 5) is 4.86. The quantitative estimate of drug-likeness (QED) is 0.420. The smallest absolute Gasteiger partial charge is 0.163 e. The molecule has 2 heterocycles. The molecule has 6 nitrogen and oxygen atoms in total. The summed E-state index contributed by atoms with van der Waals surface area (Å²) in [6.07, 6.45) is 0. The summed E-state index contributed by atoms with van der Waals surface area (Å²) < 4.78 is 13.2. The molecule has 0 aliphatic carbocycles. The molecule has 160 valence electrons. The van der Waals surface area contributed by atoms with Gasteiger partial charge in [0.1, 0.15) is 18.9 Å². The zero-order chi connectivity index (χ0) is 21.9. The zero-order valence-corrected chi connectivity index (χ0v) is 18.3. The van der Waals surface area contributed by atoms with E-state index in [0.717, 1.165) is 45.5 Å². The third kappa shape index (κ3) is 4.02. The monoisotopic (exact) mass is 444 g/mol. The molecule has 0 radical (unpaired) electrons. The molecular formula is C25H21ClN4O2. The third-order valence-corrected chi connectivity index (χ3v) is 5.57. The summed E-state index contributed by atoms with van der Waals surface area (Å²) in [5.74, 6) is 2.31. The molecule has 0 saturated carbocycles. The Kier molecular flexibility index (Phi) is 5.71. The number of nitrogens with zero attached hydrogens (tertiary/aromatic N) is 4. The van der Waals surface area contributed by atoms with Gasteiger partial charge in [0.15, 0.2) is 11.6 Å². The van der Waals surface area contributed by atoms with E-state index < -0.39 is 0 Å². The summed E-state index contributed by atoms with van der Waals surface area (Å²) in [6, 6.07) is 23.7. The lowest BCUT2D eigenvalue weighted by molar-refractivity contribution is 0.100. The second kappa shape index (κ2) is 8.94. The lowest BCUT2D eigenvalue weighted by Gasteiger charge is -2.14. The number of ether oxygens (including phenoxy) is 2. The Labute approximate surface area is 191 Å². The summed E-state index contributed by atoms with van der Waals surface area (Å²) in [7, 11) is 1.65. The van der Waals surface area contributed by atoms with Crippen molar-refractivity contribution in [3.05, 3.63) is 106 Å². The van der Waals surface area contributed by atoms with Gasteiger partial charge in [0, 0.05) is 16.1 Å². The number of fused-ring (bicyclic) bond motifs is 3. The van der Waals surface area contributed by atoms with Gasteiger partial charge in [-0.1, -0.05) is 54.1 Å². The van der Waals surface area contributed by atoms with Gasteiger partial charge in [-0.3, -0.25) is 9.56 Å². The molecule has 0 bridgehead atoms. The van der Waals surface area contributed by atoms with Crippen LogP contribution in [0.2, 0.25) is 5.02 Å². The number of aliphatic imine (C=N–C) groups is 1. The first kappa shape index (κ1) is 20.4. The fourth-order valence-electron chi connectivity index (χ4n) is 3.78. The maximum atomic E-state index is 6.37. The van der Waals surface area contributed by atoms with E-state index in [9.17, 15) is 0 Å². The molecule has 0 saturated heterocycles. The Morgan fingerprint density at radius 3 is 2.53 bits per heavy atom. The van der Waals surface area contributed by atoms with E-state index in [2.05, 4.69) is 22.3 Å². The van der Waals surface area contributed by atoms with Gasteiger partial charge in [-0.15, -0.1) is 10.2 Å². The number of rotatable bonds is 6. The summed E-state index contributed by atoms with van der Waals surface area (Å²) >= 11 is 6.37. The van der Waals surface area contributed by atoms with Crippen molar-refractivity contribution in [3.8, 4) is 11.4 Å². The van der Waals surface area contributed by atoms with Crippen LogP contribution in [0.4, 0.5) is 0 Å². The van der Waals surface area contributed by atoms with Gasteiger partial charge in [-0.25, -0.2) is 0 Å². The average Bonchev–Trinajstić information content (AvgIpc) is 3.15. The third-order valence-electron chi connectivity index (χ3n) is 5.34. The summed E-state index contributed by atoms with van der Waals surface area (Å²) in [6.45, 7) is 1.20. The van der Waals surface area contributed by atoms with Crippen LogP contribution in [0.1, 0.15) is 28.3 Å². The van der Waals surface area contributed by atoms with Gasteiger partial charge in [0.2, 0.25) is 0 Å². The van der Waals surface area contributed by atoms with E-state index in [1.165, 1.54) is 0 Å². The molecule has 3 aromatic carbocycles. The molecule has 0 fully saturated rings. The lowest BCUT2D eigenvalue weighted by Crippen LogP contribution is -2.10. The predicted molar refractivity (Wildman–Crippen MR) is 124 cm³/mol. The molecular weight excluding hydrogens is 424 g/mol. The minimum atomic E-state index is 0.321. The highest BCUT2D eigenvalue weighted by Gasteiger charge is 2.23. The molecule has 0 N–H and O–H groups in total. The van der Waals surface area contributed by atoms with E-state index in [4.69, 9.17) is 26.1 Å². The van der Waals surface area contributed by atoms with Crippen LogP contribution in [0.25, 0.3) is 5.69 Å². The van der Waals surface area contributed by atoms with Crippen molar-refractivity contribution in [2.45, 2.75) is 19.8 Å². The normalized spacial score (nSPS) is 12.5.